The number of rotatable bonds is 5. The van der Waals surface area contributed by atoms with Crippen molar-refractivity contribution in [1.29, 1.82) is 0 Å². The van der Waals surface area contributed by atoms with Gasteiger partial charge in [-0.25, -0.2) is 0 Å². The average molecular weight is 341 g/mol. The molecule has 0 aromatic rings. The van der Waals surface area contributed by atoms with Crippen LogP contribution < -0.4 is 21.1 Å². The summed E-state index contributed by atoms with van der Waals surface area (Å²) >= 11 is 0. The molecular weight excluding hydrogens is 325 g/mol. The van der Waals surface area contributed by atoms with E-state index >= 15 is 0 Å². The van der Waals surface area contributed by atoms with Crippen LogP contribution in [0.25, 0.3) is 0 Å². The van der Waals surface area contributed by atoms with Crippen molar-refractivity contribution in [2.45, 2.75) is 6.42 Å². The van der Waals surface area contributed by atoms with Crippen molar-refractivity contribution in [3.05, 3.63) is 0 Å². The number of nitrogens with two attached hydrogens (primary N) is 1. The van der Waals surface area contributed by atoms with E-state index in [9.17, 15) is 4.79 Å². The fraction of sp³-hybridized carbons (Fsp3) is 0.556. The SMILES string of the molecule is NCCC(=O)O.O=C([O-])CO.O=C([O-])CO.O=C([O-])CO.[Al+3]. The third kappa shape index (κ3) is 103. The first-order valence-corrected chi connectivity index (χ1v) is 4.92. The van der Waals surface area contributed by atoms with Crippen LogP contribution in [0.2, 0.25) is 0 Å². The second-order valence-electron chi connectivity index (χ2n) is 2.52. The Morgan fingerprint density at radius 3 is 0.955 bits per heavy atom. The molecule has 0 saturated carbocycles. The van der Waals surface area contributed by atoms with Gasteiger partial charge in [0, 0.05) is 6.54 Å². The maximum Gasteiger partial charge on any atom is 3.00 e. The summed E-state index contributed by atoms with van der Waals surface area (Å²) in [5, 5.41) is 57.3. The smallest absolute Gasteiger partial charge is 0.548 e. The van der Waals surface area contributed by atoms with E-state index in [0.717, 1.165) is 0 Å². The minimum Gasteiger partial charge on any atom is -0.548 e. The summed E-state index contributed by atoms with van der Waals surface area (Å²) in [5.41, 5.74) is 4.85. The maximum absolute atomic E-state index is 9.52. The Bertz CT molecular complexity index is 264. The number of carboxylic acids is 4. The second-order valence-corrected chi connectivity index (χ2v) is 2.52. The van der Waals surface area contributed by atoms with Crippen LogP contribution in [-0.2, 0) is 19.2 Å². The van der Waals surface area contributed by atoms with Crippen molar-refractivity contribution in [2.24, 2.45) is 5.73 Å². The third-order valence-corrected chi connectivity index (χ3v) is 0.746. The molecule has 13 heteroatoms. The number of carboxylic acid groups (broad SMARTS) is 4. The third-order valence-electron chi connectivity index (χ3n) is 0.746. The monoisotopic (exact) mass is 341 g/mol. The molecule has 0 heterocycles. The summed E-state index contributed by atoms with van der Waals surface area (Å²) in [5.74, 6) is -5.16. The minimum atomic E-state index is -1.44. The van der Waals surface area contributed by atoms with Crippen molar-refractivity contribution in [3.8, 4) is 0 Å². The summed E-state index contributed by atoms with van der Waals surface area (Å²) in [6.07, 6.45) is 0.0694. The van der Waals surface area contributed by atoms with Crippen molar-refractivity contribution >= 4 is 41.2 Å². The number of carbonyl (C=O) groups excluding carboxylic acids is 3. The molecule has 0 saturated heterocycles. The molecule has 0 atom stereocenters. The standard InChI is InChI=1S/C3H7NO2.3C2H4O3.Al/c4-2-1-3(5)6;3*3-1-2(4)5;/h1-2,4H2,(H,5,6);3*3H,1H2,(H,4,5);/q;;;;+3/p-3. The quantitative estimate of drug-likeness (QED) is 0.292. The van der Waals surface area contributed by atoms with E-state index in [4.69, 9.17) is 55.9 Å². The minimum absolute atomic E-state index is 0. The first-order valence-electron chi connectivity index (χ1n) is 4.92. The Morgan fingerprint density at radius 2 is 0.955 bits per heavy atom. The van der Waals surface area contributed by atoms with Crippen molar-refractivity contribution < 1.29 is 54.9 Å². The molecule has 0 aromatic carbocycles. The van der Waals surface area contributed by atoms with Crippen LogP contribution in [0.4, 0.5) is 0 Å². The van der Waals surface area contributed by atoms with Gasteiger partial charge in [0.05, 0.1) is 44.1 Å². The van der Waals surface area contributed by atoms with Crippen LogP contribution in [0.3, 0.4) is 0 Å². The van der Waals surface area contributed by atoms with Gasteiger partial charge in [-0.3, -0.25) is 4.79 Å². The molecule has 6 N–H and O–H groups in total. The molecule has 126 valence electrons. The van der Waals surface area contributed by atoms with Crippen molar-refractivity contribution in [2.75, 3.05) is 26.4 Å². The Kier molecular flexibility index (Phi) is 40.4. The van der Waals surface area contributed by atoms with Gasteiger partial charge >= 0.3 is 23.3 Å². The van der Waals surface area contributed by atoms with E-state index in [0.29, 0.717) is 0 Å². The first kappa shape index (κ1) is 32.3. The molecule has 0 bridgehead atoms. The number of hydrogen-bond acceptors (Lipinski definition) is 11. The van der Waals surface area contributed by atoms with Gasteiger partial charge in [0.1, 0.15) is 0 Å². The number of hydrogen-bond donors (Lipinski definition) is 5. The molecule has 12 nitrogen and oxygen atoms in total. The number of aliphatic carboxylic acids is 4. The summed E-state index contributed by atoms with van der Waals surface area (Å²) in [7, 11) is 0. The number of aliphatic hydroxyl groups is 3. The van der Waals surface area contributed by atoms with E-state index < -0.39 is 43.7 Å². The first-order chi connectivity index (χ1) is 9.58. The van der Waals surface area contributed by atoms with Crippen molar-refractivity contribution in [1.82, 2.24) is 0 Å². The predicted molar refractivity (Wildman–Crippen MR) is 63.3 cm³/mol. The molecule has 0 spiro atoms. The molecule has 0 radical (unpaired) electrons. The number of carbonyl (C=O) groups is 4. The molecule has 22 heavy (non-hydrogen) atoms. The Balaban J connectivity index is -0.0000000577. The van der Waals surface area contributed by atoms with E-state index in [2.05, 4.69) is 0 Å². The predicted octanol–water partition coefficient (Wildman–Crippen LogP) is -7.78. The zero-order valence-electron chi connectivity index (χ0n) is 11.3. The van der Waals surface area contributed by atoms with E-state index in [1.54, 1.807) is 0 Å². The van der Waals surface area contributed by atoms with E-state index in [1.807, 2.05) is 0 Å². The van der Waals surface area contributed by atoms with Crippen LogP contribution in [-0.4, -0.2) is 88.0 Å². The zero-order chi connectivity index (χ0) is 17.8. The van der Waals surface area contributed by atoms with Crippen LogP contribution in [0.15, 0.2) is 0 Å². The molecule has 0 aromatic heterocycles. The summed E-state index contributed by atoms with van der Waals surface area (Å²) in [6.45, 7) is -2.44. The molecular formula is C9H16AlNO11. The topological polar surface area (TPSA) is 244 Å². The molecule has 0 aliphatic carbocycles. The number of aliphatic hydroxyl groups excluding tert-OH is 3. The van der Waals surface area contributed by atoms with Crippen LogP contribution in [0.5, 0.6) is 0 Å². The van der Waals surface area contributed by atoms with Gasteiger partial charge in [0.2, 0.25) is 0 Å². The Morgan fingerprint density at radius 1 is 0.773 bits per heavy atom. The van der Waals surface area contributed by atoms with Crippen LogP contribution in [0.1, 0.15) is 6.42 Å². The Hall–Kier alpha value is -1.75. The molecule has 0 rings (SSSR count). The van der Waals surface area contributed by atoms with Crippen molar-refractivity contribution in [3.63, 3.8) is 0 Å². The van der Waals surface area contributed by atoms with Gasteiger partial charge in [-0.05, 0) is 0 Å². The molecule has 0 aliphatic heterocycles. The van der Waals surface area contributed by atoms with Gasteiger partial charge in [0.15, 0.2) is 0 Å². The van der Waals surface area contributed by atoms with Gasteiger partial charge in [-0.15, -0.1) is 0 Å². The maximum atomic E-state index is 9.52. The average Bonchev–Trinajstić information content (AvgIpc) is 2.40. The largest absolute Gasteiger partial charge is 3.00 e. The zero-order valence-corrected chi connectivity index (χ0v) is 12.5. The normalized spacial score (nSPS) is 7.27. The molecule has 0 fully saturated rings. The fourth-order valence-corrected chi connectivity index (χ4v) is 0.123. The van der Waals surface area contributed by atoms with Crippen LogP contribution >= 0.6 is 0 Å². The molecule has 0 unspecified atom stereocenters. The van der Waals surface area contributed by atoms with Crippen LogP contribution in [0, 0.1) is 0 Å². The van der Waals surface area contributed by atoms with Gasteiger partial charge in [-0.1, -0.05) is 0 Å². The van der Waals surface area contributed by atoms with Gasteiger partial charge in [0.25, 0.3) is 0 Å². The summed E-state index contributed by atoms with van der Waals surface area (Å²) in [6, 6.07) is 0. The molecule has 0 amide bonds. The summed E-state index contributed by atoms with van der Waals surface area (Å²) < 4.78 is 0. The fourth-order valence-electron chi connectivity index (χ4n) is 0.123. The van der Waals surface area contributed by atoms with E-state index in [1.165, 1.54) is 0 Å². The summed E-state index contributed by atoms with van der Waals surface area (Å²) in [4.78, 5) is 36.5. The van der Waals surface area contributed by atoms with E-state index in [-0.39, 0.29) is 30.3 Å². The molecule has 0 aliphatic rings. The Labute approximate surface area is 135 Å². The van der Waals surface area contributed by atoms with Gasteiger partial charge in [-0.2, -0.15) is 0 Å². The van der Waals surface area contributed by atoms with Gasteiger partial charge < -0.3 is 55.9 Å². The second kappa shape index (κ2) is 27.6.